The van der Waals surface area contributed by atoms with E-state index in [1.54, 1.807) is 0 Å². The summed E-state index contributed by atoms with van der Waals surface area (Å²) in [5.41, 5.74) is 0.132. The molecule has 0 fully saturated rings. The summed E-state index contributed by atoms with van der Waals surface area (Å²) in [4.78, 5) is 0. The molecular formula is C9H21IO3Si. The first-order chi connectivity index (χ1) is 6.64. The van der Waals surface area contributed by atoms with E-state index >= 15 is 0 Å². The fourth-order valence-electron chi connectivity index (χ4n) is 1.28. The van der Waals surface area contributed by atoms with Crippen molar-refractivity contribution in [1.82, 2.24) is 0 Å². The molecule has 0 bridgehead atoms. The van der Waals surface area contributed by atoms with E-state index in [0.29, 0.717) is 13.2 Å². The van der Waals surface area contributed by atoms with Crippen LogP contribution >= 0.6 is 21.8 Å². The third-order valence-electron chi connectivity index (χ3n) is 1.81. The molecule has 86 valence electrons. The molecule has 5 heteroatoms. The molecule has 0 saturated heterocycles. The summed E-state index contributed by atoms with van der Waals surface area (Å²) in [7, 11) is 0. The molecule has 0 amide bonds. The van der Waals surface area contributed by atoms with E-state index < -0.39 is 6.06 Å². The third kappa shape index (κ3) is 4.56. The molecule has 0 spiro atoms. The van der Waals surface area contributed by atoms with E-state index in [2.05, 4.69) is 28.7 Å². The Bertz CT molecular complexity index is 140. The van der Waals surface area contributed by atoms with Crippen molar-refractivity contribution in [2.75, 3.05) is 19.8 Å². The number of hydrogen-bond donors (Lipinski definition) is 0. The highest BCUT2D eigenvalue weighted by molar-refractivity contribution is 14.1. The van der Waals surface area contributed by atoms with Crippen LogP contribution in [-0.2, 0) is 13.6 Å². The van der Waals surface area contributed by atoms with E-state index in [9.17, 15) is 0 Å². The first-order valence-corrected chi connectivity index (χ1v) is 10.2. The second-order valence-corrected chi connectivity index (χ2v) is 9.70. The normalized spacial score (nSPS) is 14.4. The van der Waals surface area contributed by atoms with Crippen LogP contribution in [-0.4, -0.2) is 31.6 Å². The van der Waals surface area contributed by atoms with Crippen molar-refractivity contribution in [3.8, 4) is 0 Å². The van der Waals surface area contributed by atoms with Crippen LogP contribution in [0.15, 0.2) is 0 Å². The molecule has 0 aliphatic rings. The van der Waals surface area contributed by atoms with Gasteiger partial charge in [0.05, 0.1) is 0 Å². The first-order valence-electron chi connectivity index (χ1n) is 5.22. The average Bonchev–Trinajstić information content (AvgIpc) is 2.14. The zero-order valence-corrected chi connectivity index (χ0v) is 12.7. The van der Waals surface area contributed by atoms with E-state index in [0.717, 1.165) is 13.0 Å². The molecule has 0 heterocycles. The smallest absolute Gasteiger partial charge is 0.386 e. The van der Waals surface area contributed by atoms with E-state index in [1.807, 2.05) is 20.8 Å². The zero-order chi connectivity index (χ0) is 11.0. The fraction of sp³-hybridized carbons (Fsp3) is 1.00. The molecule has 0 aliphatic heterocycles. The van der Waals surface area contributed by atoms with E-state index in [-0.39, 0.29) is 5.73 Å². The number of halogens is 1. The van der Waals surface area contributed by atoms with Gasteiger partial charge in [-0.2, -0.15) is 0 Å². The molecule has 0 rings (SSSR count). The van der Waals surface area contributed by atoms with Crippen molar-refractivity contribution in [1.29, 1.82) is 0 Å². The summed E-state index contributed by atoms with van der Waals surface area (Å²) < 4.78 is 17.2. The standard InChI is InChI=1S/C9H21IO3Si/c1-5-9(11-6-2)14(10,12-7-3)13-8-4/h9H,5-8H2,1-4H3. The molecule has 1 unspecified atom stereocenters. The molecule has 0 aromatic heterocycles. The monoisotopic (exact) mass is 332 g/mol. The largest absolute Gasteiger partial charge is 0.437 e. The Morgan fingerprint density at radius 1 is 1.00 bits per heavy atom. The maximum Gasteiger partial charge on any atom is 0.437 e. The van der Waals surface area contributed by atoms with Crippen molar-refractivity contribution >= 4 is 27.9 Å². The maximum absolute atomic E-state index is 5.75. The predicted molar refractivity (Wildman–Crippen MR) is 68.7 cm³/mol. The van der Waals surface area contributed by atoms with Gasteiger partial charge in [0, 0.05) is 19.8 Å². The Balaban J connectivity index is 4.39. The zero-order valence-electron chi connectivity index (χ0n) is 9.51. The summed E-state index contributed by atoms with van der Waals surface area (Å²) in [6, 6.07) is -2.15. The molecule has 0 radical (unpaired) electrons. The molecule has 0 aromatic rings. The second-order valence-electron chi connectivity index (χ2n) is 2.80. The lowest BCUT2D eigenvalue weighted by molar-refractivity contribution is 0.0645. The summed E-state index contributed by atoms with van der Waals surface area (Å²) >= 11 is 2.33. The highest BCUT2D eigenvalue weighted by atomic mass is 127. The lowest BCUT2D eigenvalue weighted by Gasteiger charge is -2.30. The Morgan fingerprint density at radius 3 is 1.79 bits per heavy atom. The Kier molecular flexibility index (Phi) is 8.51. The average molecular weight is 332 g/mol. The van der Waals surface area contributed by atoms with Crippen LogP contribution in [0.4, 0.5) is 0 Å². The van der Waals surface area contributed by atoms with Gasteiger partial charge in [0.1, 0.15) is 5.73 Å². The topological polar surface area (TPSA) is 27.7 Å². The van der Waals surface area contributed by atoms with Gasteiger partial charge < -0.3 is 13.6 Å². The van der Waals surface area contributed by atoms with Gasteiger partial charge in [-0.05, 0) is 49.0 Å². The predicted octanol–water partition coefficient (Wildman–Crippen LogP) is 2.79. The van der Waals surface area contributed by atoms with Gasteiger partial charge in [0.2, 0.25) is 0 Å². The van der Waals surface area contributed by atoms with Gasteiger partial charge in [-0.25, -0.2) is 0 Å². The Labute approximate surface area is 101 Å². The second kappa shape index (κ2) is 8.03. The molecule has 0 aromatic carbocycles. The highest BCUT2D eigenvalue weighted by Gasteiger charge is 2.43. The summed E-state index contributed by atoms with van der Waals surface area (Å²) in [6.07, 6.45) is 0.947. The van der Waals surface area contributed by atoms with Crippen LogP contribution in [0.1, 0.15) is 34.1 Å². The lowest BCUT2D eigenvalue weighted by atomic mass is 10.5. The van der Waals surface area contributed by atoms with Crippen molar-refractivity contribution < 1.29 is 13.6 Å². The Morgan fingerprint density at radius 2 is 1.50 bits per heavy atom. The van der Waals surface area contributed by atoms with Gasteiger partial charge in [0.15, 0.2) is 0 Å². The third-order valence-corrected chi connectivity index (χ3v) is 8.47. The van der Waals surface area contributed by atoms with Crippen molar-refractivity contribution in [2.24, 2.45) is 0 Å². The van der Waals surface area contributed by atoms with Gasteiger partial charge in [0.25, 0.3) is 0 Å². The fourth-order valence-corrected chi connectivity index (χ4v) is 7.11. The van der Waals surface area contributed by atoms with Gasteiger partial charge in [-0.3, -0.25) is 0 Å². The lowest BCUT2D eigenvalue weighted by Crippen LogP contribution is -2.49. The molecule has 3 nitrogen and oxygen atoms in total. The van der Waals surface area contributed by atoms with Gasteiger partial charge >= 0.3 is 6.06 Å². The van der Waals surface area contributed by atoms with Crippen molar-refractivity contribution in [2.45, 2.75) is 39.8 Å². The number of rotatable bonds is 8. The van der Waals surface area contributed by atoms with Crippen LogP contribution in [0, 0.1) is 0 Å². The van der Waals surface area contributed by atoms with Crippen molar-refractivity contribution in [3.05, 3.63) is 0 Å². The Hall–Kier alpha value is 0.827. The molecule has 0 saturated carbocycles. The van der Waals surface area contributed by atoms with Crippen LogP contribution in [0.3, 0.4) is 0 Å². The molecule has 1 atom stereocenters. The van der Waals surface area contributed by atoms with Crippen LogP contribution in [0.25, 0.3) is 0 Å². The number of ether oxygens (including phenoxy) is 1. The molecule has 14 heavy (non-hydrogen) atoms. The molecule has 0 N–H and O–H groups in total. The van der Waals surface area contributed by atoms with Gasteiger partial charge in [-0.1, -0.05) is 6.92 Å². The maximum atomic E-state index is 5.75. The first kappa shape index (κ1) is 14.8. The van der Waals surface area contributed by atoms with E-state index in [1.165, 1.54) is 0 Å². The quantitative estimate of drug-likeness (QED) is 0.389. The molecule has 0 aliphatic carbocycles. The van der Waals surface area contributed by atoms with Crippen LogP contribution in [0.5, 0.6) is 0 Å². The summed E-state index contributed by atoms with van der Waals surface area (Å²) in [5.74, 6) is 0. The minimum atomic E-state index is -2.15. The van der Waals surface area contributed by atoms with Gasteiger partial charge in [-0.15, -0.1) is 0 Å². The van der Waals surface area contributed by atoms with Crippen LogP contribution < -0.4 is 0 Å². The highest BCUT2D eigenvalue weighted by Crippen LogP contribution is 2.25. The molecular weight excluding hydrogens is 311 g/mol. The summed E-state index contributed by atoms with van der Waals surface area (Å²) in [5, 5.41) is 0. The SMILES string of the molecule is CCOC(CC)[Si](I)(OCC)OCC. The van der Waals surface area contributed by atoms with E-state index in [4.69, 9.17) is 13.6 Å². The van der Waals surface area contributed by atoms with Crippen LogP contribution in [0.2, 0.25) is 0 Å². The number of hydrogen-bond acceptors (Lipinski definition) is 3. The minimum Gasteiger partial charge on any atom is -0.386 e. The minimum absolute atomic E-state index is 0.132. The summed E-state index contributed by atoms with van der Waals surface area (Å²) in [6.45, 7) is 10.2. The van der Waals surface area contributed by atoms with Crippen molar-refractivity contribution in [3.63, 3.8) is 0 Å².